The molecule has 1 aromatic carbocycles. The number of hydrogen-bond acceptors (Lipinski definition) is 5. The van der Waals surface area contributed by atoms with Crippen molar-refractivity contribution in [3.8, 4) is 0 Å². The largest absolute Gasteiger partial charge is 0.367 e. The smallest absolute Gasteiger partial charge is 0.122 e. The second-order valence-electron chi connectivity index (χ2n) is 8.57. The molecular weight excluding hydrogens is 379 g/mol. The van der Waals surface area contributed by atoms with Gasteiger partial charge < -0.3 is 14.8 Å². The fourth-order valence-corrected chi connectivity index (χ4v) is 4.78. The third-order valence-electron chi connectivity index (χ3n) is 6.50. The molecule has 0 unspecified atom stereocenters. The highest BCUT2D eigenvalue weighted by atomic mass is 19.1. The van der Waals surface area contributed by atoms with Crippen molar-refractivity contribution >= 4 is 16.7 Å². The Morgan fingerprint density at radius 3 is 2.73 bits per heavy atom. The van der Waals surface area contributed by atoms with Crippen molar-refractivity contribution in [2.24, 2.45) is 0 Å². The molecule has 2 aliphatic rings. The molecule has 6 nitrogen and oxygen atoms in total. The minimum absolute atomic E-state index is 0.309. The van der Waals surface area contributed by atoms with E-state index in [1.165, 1.54) is 5.69 Å². The number of likely N-dealkylation sites (N-methyl/N-ethyl adjacent to an activating group) is 1. The number of piperazine rings is 1. The van der Waals surface area contributed by atoms with Crippen molar-refractivity contribution in [1.29, 1.82) is 0 Å². The van der Waals surface area contributed by atoms with E-state index in [4.69, 9.17) is 4.98 Å². The summed E-state index contributed by atoms with van der Waals surface area (Å²) in [6.07, 6.45) is 1.39. The SMILES string of the molecule is Cc1cccnc1[C@H]1[C@H](F)CCN1Cc1nc2c(N3CCN(C)CC3)cccc2[nH]1. The summed E-state index contributed by atoms with van der Waals surface area (Å²) >= 11 is 0. The van der Waals surface area contributed by atoms with Gasteiger partial charge >= 0.3 is 0 Å². The predicted molar refractivity (Wildman–Crippen MR) is 117 cm³/mol. The monoisotopic (exact) mass is 408 g/mol. The molecule has 30 heavy (non-hydrogen) atoms. The first-order valence-corrected chi connectivity index (χ1v) is 10.8. The maximum Gasteiger partial charge on any atom is 0.122 e. The quantitative estimate of drug-likeness (QED) is 0.718. The molecule has 0 radical (unpaired) electrons. The Hall–Kier alpha value is -2.51. The number of para-hydroxylation sites is 1. The normalized spacial score (nSPS) is 23.5. The van der Waals surface area contributed by atoms with Gasteiger partial charge in [0, 0.05) is 38.9 Å². The van der Waals surface area contributed by atoms with E-state index in [0.717, 1.165) is 54.3 Å². The molecule has 0 saturated carbocycles. The number of likely N-dealkylation sites (tertiary alicyclic amines) is 1. The van der Waals surface area contributed by atoms with Crippen LogP contribution in [-0.4, -0.2) is 70.7 Å². The maximum absolute atomic E-state index is 14.8. The number of H-pyrrole nitrogens is 1. The molecule has 4 heterocycles. The van der Waals surface area contributed by atoms with E-state index < -0.39 is 6.17 Å². The third kappa shape index (κ3) is 3.56. The number of benzene rings is 1. The summed E-state index contributed by atoms with van der Waals surface area (Å²) in [4.78, 5) is 19.9. The molecule has 0 amide bonds. The molecule has 0 bridgehead atoms. The van der Waals surface area contributed by atoms with Gasteiger partial charge in [0.25, 0.3) is 0 Å². The van der Waals surface area contributed by atoms with Crippen molar-refractivity contribution < 1.29 is 4.39 Å². The lowest BCUT2D eigenvalue weighted by atomic mass is 10.0. The van der Waals surface area contributed by atoms with Crippen molar-refractivity contribution in [2.45, 2.75) is 32.1 Å². The molecule has 2 fully saturated rings. The third-order valence-corrected chi connectivity index (χ3v) is 6.50. The highest BCUT2D eigenvalue weighted by Gasteiger charge is 2.37. The zero-order chi connectivity index (χ0) is 20.7. The highest BCUT2D eigenvalue weighted by Crippen LogP contribution is 2.36. The molecule has 2 saturated heterocycles. The Morgan fingerprint density at radius 1 is 1.10 bits per heavy atom. The standard InChI is InChI=1S/C23H29FN6/c1-16-5-4-9-25-21(16)23-17(24)8-10-30(23)15-20-26-18-6-3-7-19(22(18)27-20)29-13-11-28(2)12-14-29/h3-7,9,17,23H,8,10-15H2,1-2H3,(H,26,27)/t17-,23-/m1/s1. The highest BCUT2D eigenvalue weighted by molar-refractivity contribution is 5.89. The average molecular weight is 409 g/mol. The second kappa shape index (κ2) is 7.96. The summed E-state index contributed by atoms with van der Waals surface area (Å²) in [6, 6.07) is 9.93. The first kappa shape index (κ1) is 19.5. The van der Waals surface area contributed by atoms with Gasteiger partial charge in [-0.05, 0) is 44.2 Å². The number of nitrogens with one attached hydrogen (secondary N) is 1. The summed E-state index contributed by atoms with van der Waals surface area (Å²) in [7, 11) is 2.17. The van der Waals surface area contributed by atoms with E-state index in [0.29, 0.717) is 19.5 Å². The number of aryl methyl sites for hydroxylation is 1. The first-order valence-electron chi connectivity index (χ1n) is 10.8. The molecule has 0 aliphatic carbocycles. The number of halogens is 1. The fourth-order valence-electron chi connectivity index (χ4n) is 4.78. The van der Waals surface area contributed by atoms with Crippen LogP contribution in [0.4, 0.5) is 10.1 Å². The maximum atomic E-state index is 14.8. The lowest BCUT2D eigenvalue weighted by Crippen LogP contribution is -2.44. The van der Waals surface area contributed by atoms with Crippen molar-refractivity contribution in [1.82, 2.24) is 24.8 Å². The van der Waals surface area contributed by atoms with E-state index >= 15 is 0 Å². The Labute approximate surface area is 176 Å². The Kier molecular flexibility index (Phi) is 5.16. The Bertz CT molecular complexity index is 1030. The molecule has 5 rings (SSSR count). The van der Waals surface area contributed by atoms with Gasteiger partial charge in [-0.1, -0.05) is 12.1 Å². The predicted octanol–water partition coefficient (Wildman–Crippen LogP) is 3.30. The van der Waals surface area contributed by atoms with Crippen molar-refractivity contribution in [2.75, 3.05) is 44.7 Å². The summed E-state index contributed by atoms with van der Waals surface area (Å²) in [5.41, 5.74) is 5.13. The average Bonchev–Trinajstić information content (AvgIpc) is 3.32. The van der Waals surface area contributed by atoms with E-state index in [-0.39, 0.29) is 6.04 Å². The van der Waals surface area contributed by atoms with Gasteiger partial charge in [-0.2, -0.15) is 0 Å². The number of alkyl halides is 1. The van der Waals surface area contributed by atoms with E-state index in [1.807, 2.05) is 19.1 Å². The summed E-state index contributed by atoms with van der Waals surface area (Å²) in [6.45, 7) is 7.45. The van der Waals surface area contributed by atoms with E-state index in [1.54, 1.807) is 6.20 Å². The lowest BCUT2D eigenvalue weighted by Gasteiger charge is -2.34. The molecule has 0 spiro atoms. The van der Waals surface area contributed by atoms with Crippen molar-refractivity contribution in [3.63, 3.8) is 0 Å². The van der Waals surface area contributed by atoms with Crippen LogP contribution >= 0.6 is 0 Å². The number of anilines is 1. The first-order chi connectivity index (χ1) is 14.6. The van der Waals surface area contributed by atoms with Crippen LogP contribution in [0.25, 0.3) is 11.0 Å². The number of imidazole rings is 1. The molecule has 1 N–H and O–H groups in total. The number of hydrogen-bond donors (Lipinski definition) is 1. The van der Waals surface area contributed by atoms with Crippen LogP contribution in [0.15, 0.2) is 36.5 Å². The van der Waals surface area contributed by atoms with Crippen LogP contribution in [0.1, 0.15) is 29.5 Å². The van der Waals surface area contributed by atoms with Crippen LogP contribution < -0.4 is 4.90 Å². The number of aromatic amines is 1. The van der Waals surface area contributed by atoms with Gasteiger partial charge in [0.2, 0.25) is 0 Å². The van der Waals surface area contributed by atoms with Crippen molar-refractivity contribution in [3.05, 3.63) is 53.6 Å². The molecule has 2 aromatic heterocycles. The Morgan fingerprint density at radius 2 is 1.93 bits per heavy atom. The van der Waals surface area contributed by atoms with Crippen LogP contribution in [0.5, 0.6) is 0 Å². The molecular formula is C23H29FN6. The molecule has 3 aromatic rings. The number of rotatable bonds is 4. The molecule has 2 atom stereocenters. The Balaban J connectivity index is 1.41. The minimum Gasteiger partial charge on any atom is -0.367 e. The van der Waals surface area contributed by atoms with Crippen LogP contribution in [0, 0.1) is 6.92 Å². The summed E-state index contributed by atoms with van der Waals surface area (Å²) in [5, 5.41) is 0. The zero-order valence-electron chi connectivity index (χ0n) is 17.7. The van der Waals surface area contributed by atoms with Gasteiger partial charge in [0.15, 0.2) is 0 Å². The van der Waals surface area contributed by atoms with Gasteiger partial charge in [-0.15, -0.1) is 0 Å². The zero-order valence-corrected chi connectivity index (χ0v) is 17.7. The second-order valence-corrected chi connectivity index (χ2v) is 8.57. The molecule has 2 aliphatic heterocycles. The molecule has 158 valence electrons. The van der Waals surface area contributed by atoms with E-state index in [2.05, 4.69) is 49.9 Å². The number of fused-ring (bicyclic) bond motifs is 1. The summed E-state index contributed by atoms with van der Waals surface area (Å²) in [5.74, 6) is 0.888. The number of pyridine rings is 1. The topological polar surface area (TPSA) is 51.3 Å². The van der Waals surface area contributed by atoms with Gasteiger partial charge in [-0.3, -0.25) is 9.88 Å². The van der Waals surface area contributed by atoms with Crippen LogP contribution in [-0.2, 0) is 6.54 Å². The van der Waals surface area contributed by atoms with Gasteiger partial charge in [-0.25, -0.2) is 9.37 Å². The lowest BCUT2D eigenvalue weighted by molar-refractivity contribution is 0.181. The van der Waals surface area contributed by atoms with Crippen LogP contribution in [0.3, 0.4) is 0 Å². The number of nitrogens with zero attached hydrogens (tertiary/aromatic N) is 5. The molecule has 7 heteroatoms. The fraction of sp³-hybridized carbons (Fsp3) is 0.478. The summed E-state index contributed by atoms with van der Waals surface area (Å²) < 4.78 is 14.8. The number of aromatic nitrogens is 3. The van der Waals surface area contributed by atoms with Gasteiger partial charge in [0.05, 0.1) is 29.5 Å². The van der Waals surface area contributed by atoms with Gasteiger partial charge in [0.1, 0.15) is 17.5 Å². The minimum atomic E-state index is -0.899. The van der Waals surface area contributed by atoms with Crippen LogP contribution in [0.2, 0.25) is 0 Å². The van der Waals surface area contributed by atoms with E-state index in [9.17, 15) is 4.39 Å².